The predicted molar refractivity (Wildman–Crippen MR) is 97.5 cm³/mol. The number of benzene rings is 2. The van der Waals surface area contributed by atoms with E-state index in [2.05, 4.69) is 11.0 Å². The molecule has 2 aromatic carbocycles. The average molecular weight is 352 g/mol. The molecular formula is C21H21FN2O2. The van der Waals surface area contributed by atoms with E-state index in [1.165, 1.54) is 19.1 Å². The third-order valence-corrected chi connectivity index (χ3v) is 5.06. The summed E-state index contributed by atoms with van der Waals surface area (Å²) in [6, 6.07) is 13.3. The number of hydrogen-bond donors (Lipinski definition) is 1. The molecule has 1 saturated heterocycles. The number of Topliss-reactive ketones (excluding diaryl/α,β-unsaturated/α-hetero) is 1. The number of halogens is 1. The van der Waals surface area contributed by atoms with Crippen LogP contribution in [0.4, 0.5) is 10.1 Å². The average Bonchev–Trinajstić information content (AvgIpc) is 2.67. The Balaban J connectivity index is 1.72. The van der Waals surface area contributed by atoms with Gasteiger partial charge >= 0.3 is 0 Å². The van der Waals surface area contributed by atoms with Crippen molar-refractivity contribution in [1.29, 1.82) is 5.26 Å². The molecular weight excluding hydrogens is 331 g/mol. The summed E-state index contributed by atoms with van der Waals surface area (Å²) >= 11 is 0. The predicted octanol–water partition coefficient (Wildman–Crippen LogP) is 3.85. The lowest BCUT2D eigenvalue weighted by Gasteiger charge is -2.36. The summed E-state index contributed by atoms with van der Waals surface area (Å²) in [6.07, 6.45) is 0.887. The molecule has 0 amide bonds. The minimum Gasteiger partial charge on any atom is -0.388 e. The number of aliphatic hydroxyl groups excluding tert-OH is 1. The maximum absolute atomic E-state index is 13.1. The molecule has 1 fully saturated rings. The molecule has 1 aliphatic heterocycles. The van der Waals surface area contributed by atoms with Gasteiger partial charge in [-0.2, -0.15) is 5.26 Å². The molecule has 3 rings (SSSR count). The summed E-state index contributed by atoms with van der Waals surface area (Å²) in [6.45, 7) is 2.90. The summed E-state index contributed by atoms with van der Waals surface area (Å²) in [5.74, 6) is -0.263. The van der Waals surface area contributed by atoms with E-state index < -0.39 is 6.10 Å². The number of aliphatic hydroxyl groups is 1. The highest BCUT2D eigenvalue weighted by Crippen LogP contribution is 2.33. The van der Waals surface area contributed by atoms with Gasteiger partial charge in [0.1, 0.15) is 11.9 Å². The lowest BCUT2D eigenvalue weighted by molar-refractivity contribution is 0.0929. The van der Waals surface area contributed by atoms with Crippen molar-refractivity contribution < 1.29 is 14.3 Å². The van der Waals surface area contributed by atoms with Gasteiger partial charge in [0.2, 0.25) is 0 Å². The van der Waals surface area contributed by atoms with Crippen molar-refractivity contribution >= 4 is 11.5 Å². The van der Waals surface area contributed by atoms with Crippen molar-refractivity contribution in [3.63, 3.8) is 0 Å². The molecule has 134 valence electrons. The topological polar surface area (TPSA) is 64.3 Å². The molecule has 1 aliphatic rings. The zero-order valence-electron chi connectivity index (χ0n) is 14.7. The molecule has 2 aromatic rings. The summed E-state index contributed by atoms with van der Waals surface area (Å²) in [4.78, 5) is 13.7. The molecule has 0 bridgehead atoms. The first-order valence-corrected chi connectivity index (χ1v) is 8.73. The zero-order chi connectivity index (χ0) is 18.7. The van der Waals surface area contributed by atoms with Crippen LogP contribution in [0.1, 0.15) is 47.4 Å². The first-order chi connectivity index (χ1) is 12.5. The van der Waals surface area contributed by atoms with Gasteiger partial charge in [-0.3, -0.25) is 4.79 Å². The fourth-order valence-electron chi connectivity index (χ4n) is 3.50. The minimum atomic E-state index is -0.628. The molecule has 1 atom stereocenters. The van der Waals surface area contributed by atoms with Gasteiger partial charge in [-0.1, -0.05) is 12.1 Å². The van der Waals surface area contributed by atoms with E-state index >= 15 is 0 Å². The monoisotopic (exact) mass is 352 g/mol. The van der Waals surface area contributed by atoms with Gasteiger partial charge in [0.05, 0.1) is 17.4 Å². The number of rotatable bonds is 4. The fourth-order valence-corrected chi connectivity index (χ4v) is 3.50. The number of ketones is 1. The van der Waals surface area contributed by atoms with E-state index in [-0.39, 0.29) is 17.5 Å². The Kier molecular flexibility index (Phi) is 5.34. The summed E-state index contributed by atoms with van der Waals surface area (Å²) in [5.41, 5.74) is 2.64. The highest BCUT2D eigenvalue weighted by molar-refractivity contribution is 5.95. The van der Waals surface area contributed by atoms with Gasteiger partial charge < -0.3 is 10.0 Å². The van der Waals surface area contributed by atoms with Crippen LogP contribution in [0.15, 0.2) is 42.5 Å². The van der Waals surface area contributed by atoms with Crippen molar-refractivity contribution in [3.05, 3.63) is 65.0 Å². The number of hydrogen-bond acceptors (Lipinski definition) is 4. The molecule has 0 aliphatic carbocycles. The van der Waals surface area contributed by atoms with E-state index in [1.807, 2.05) is 0 Å². The van der Waals surface area contributed by atoms with Crippen molar-refractivity contribution in [3.8, 4) is 6.07 Å². The third kappa shape index (κ3) is 3.76. The Labute approximate surface area is 152 Å². The van der Waals surface area contributed by atoms with Gasteiger partial charge in [0, 0.05) is 18.7 Å². The first kappa shape index (κ1) is 18.1. The second-order valence-corrected chi connectivity index (χ2v) is 6.72. The molecule has 5 heteroatoms. The number of nitriles is 1. The van der Waals surface area contributed by atoms with Crippen molar-refractivity contribution in [2.75, 3.05) is 18.0 Å². The van der Waals surface area contributed by atoms with Crippen molar-refractivity contribution in [1.82, 2.24) is 0 Å². The SMILES string of the molecule is CC(=O)c1ccc(C#N)c(N2CCC(C(O)c3ccc(F)cc3)CC2)c1. The smallest absolute Gasteiger partial charge is 0.159 e. The molecule has 1 heterocycles. The number of piperidine rings is 1. The minimum absolute atomic E-state index is 0.0302. The van der Waals surface area contributed by atoms with Crippen LogP contribution >= 0.6 is 0 Å². The van der Waals surface area contributed by atoms with Gasteiger partial charge in [0.15, 0.2) is 5.78 Å². The lowest BCUT2D eigenvalue weighted by Crippen LogP contribution is -2.36. The standard InChI is InChI=1S/C21H21FN2O2/c1-14(25)17-2-3-18(13-23)20(12-17)24-10-8-16(9-11-24)21(26)15-4-6-19(22)7-5-15/h2-7,12,16,21,26H,8-11H2,1H3. The Morgan fingerprint density at radius 2 is 1.88 bits per heavy atom. The maximum Gasteiger partial charge on any atom is 0.159 e. The highest BCUT2D eigenvalue weighted by atomic mass is 19.1. The lowest BCUT2D eigenvalue weighted by atomic mass is 9.87. The second-order valence-electron chi connectivity index (χ2n) is 6.72. The fraction of sp³-hybridized carbons (Fsp3) is 0.333. The number of carbonyl (C=O) groups is 1. The van der Waals surface area contributed by atoms with Crippen LogP contribution < -0.4 is 4.90 Å². The molecule has 0 spiro atoms. The van der Waals surface area contributed by atoms with E-state index in [9.17, 15) is 19.6 Å². The van der Waals surface area contributed by atoms with E-state index in [0.717, 1.165) is 24.1 Å². The van der Waals surface area contributed by atoms with Gasteiger partial charge in [-0.15, -0.1) is 0 Å². The van der Waals surface area contributed by atoms with E-state index in [0.29, 0.717) is 24.2 Å². The Hall–Kier alpha value is -2.71. The summed E-state index contributed by atoms with van der Waals surface area (Å²) in [5, 5.41) is 19.9. The van der Waals surface area contributed by atoms with E-state index in [1.54, 1.807) is 30.3 Å². The maximum atomic E-state index is 13.1. The summed E-state index contributed by atoms with van der Waals surface area (Å²) in [7, 11) is 0. The van der Waals surface area contributed by atoms with Crippen molar-refractivity contribution in [2.24, 2.45) is 5.92 Å². The number of carbonyl (C=O) groups excluding carboxylic acids is 1. The molecule has 26 heavy (non-hydrogen) atoms. The van der Waals surface area contributed by atoms with Gasteiger partial charge in [-0.25, -0.2) is 4.39 Å². The van der Waals surface area contributed by atoms with E-state index in [4.69, 9.17) is 0 Å². The quantitative estimate of drug-likeness (QED) is 0.849. The number of anilines is 1. The van der Waals surface area contributed by atoms with Crippen LogP contribution in [-0.2, 0) is 0 Å². The molecule has 1 unspecified atom stereocenters. The molecule has 0 saturated carbocycles. The van der Waals surface area contributed by atoms with Crippen LogP contribution in [0.5, 0.6) is 0 Å². The van der Waals surface area contributed by atoms with Crippen LogP contribution in [0.25, 0.3) is 0 Å². The Morgan fingerprint density at radius 1 is 1.23 bits per heavy atom. The molecule has 1 N–H and O–H groups in total. The first-order valence-electron chi connectivity index (χ1n) is 8.73. The second kappa shape index (κ2) is 7.67. The third-order valence-electron chi connectivity index (χ3n) is 5.06. The van der Waals surface area contributed by atoms with Crippen LogP contribution in [-0.4, -0.2) is 24.0 Å². The molecule has 4 nitrogen and oxygen atoms in total. The number of nitrogens with zero attached hydrogens (tertiary/aromatic N) is 2. The largest absolute Gasteiger partial charge is 0.388 e. The Morgan fingerprint density at radius 3 is 2.46 bits per heavy atom. The van der Waals surface area contributed by atoms with Gasteiger partial charge in [-0.05, 0) is 61.6 Å². The van der Waals surface area contributed by atoms with Crippen LogP contribution in [0.3, 0.4) is 0 Å². The molecule has 0 aromatic heterocycles. The van der Waals surface area contributed by atoms with Crippen molar-refractivity contribution in [2.45, 2.75) is 25.9 Å². The summed E-state index contributed by atoms with van der Waals surface area (Å²) < 4.78 is 13.1. The molecule has 0 radical (unpaired) electrons. The van der Waals surface area contributed by atoms with Gasteiger partial charge in [0.25, 0.3) is 0 Å². The Bertz CT molecular complexity index is 834. The normalized spacial score (nSPS) is 16.2. The van der Waals surface area contributed by atoms with Crippen LogP contribution in [0, 0.1) is 23.1 Å². The van der Waals surface area contributed by atoms with Crippen LogP contribution in [0.2, 0.25) is 0 Å². The highest BCUT2D eigenvalue weighted by Gasteiger charge is 2.27. The zero-order valence-corrected chi connectivity index (χ0v) is 14.7.